The Balaban J connectivity index is 2.25. The third-order valence-corrected chi connectivity index (χ3v) is 3.23. The number of hydrogen-bond donors (Lipinski definition) is 2. The van der Waals surface area contributed by atoms with Crippen LogP contribution in [0.3, 0.4) is 0 Å². The Bertz CT molecular complexity index is 755. The third kappa shape index (κ3) is 2.09. The monoisotopic (exact) mass is 267 g/mol. The predicted molar refractivity (Wildman–Crippen MR) is 78.1 cm³/mol. The first kappa shape index (κ1) is 12.8. The van der Waals surface area contributed by atoms with Crippen molar-refractivity contribution in [1.29, 1.82) is 0 Å². The van der Waals surface area contributed by atoms with Gasteiger partial charge in [-0.25, -0.2) is 4.98 Å². The number of para-hydroxylation sites is 2. The van der Waals surface area contributed by atoms with Gasteiger partial charge in [0.1, 0.15) is 5.82 Å². The molecule has 0 unspecified atom stereocenters. The number of aromatic nitrogens is 3. The van der Waals surface area contributed by atoms with Crippen LogP contribution in [-0.4, -0.2) is 31.7 Å². The Morgan fingerprint density at radius 3 is 2.75 bits per heavy atom. The molecule has 3 aromatic rings. The standard InChI is InChI=1S/C14H14BN3O2/c1-2-14-17-11-5-3-4-6-12(11)18(14)10-7-8-16-13(9-10)15(19)20/h3-9,19-20H,2H2,1H3. The minimum Gasteiger partial charge on any atom is -0.422 e. The molecular formula is C14H14BN3O2. The molecule has 3 rings (SSSR count). The Hall–Kier alpha value is -2.18. The average molecular weight is 267 g/mol. The van der Waals surface area contributed by atoms with E-state index in [1.54, 1.807) is 12.3 Å². The van der Waals surface area contributed by atoms with E-state index in [1.165, 1.54) is 0 Å². The average Bonchev–Trinajstić information content (AvgIpc) is 2.85. The molecule has 0 saturated heterocycles. The van der Waals surface area contributed by atoms with Crippen molar-refractivity contribution in [3.05, 3.63) is 48.4 Å². The van der Waals surface area contributed by atoms with Gasteiger partial charge in [-0.1, -0.05) is 19.1 Å². The summed E-state index contributed by atoms with van der Waals surface area (Å²) in [6, 6.07) is 11.4. The molecule has 100 valence electrons. The highest BCUT2D eigenvalue weighted by molar-refractivity contribution is 6.57. The van der Waals surface area contributed by atoms with Gasteiger partial charge in [0.25, 0.3) is 0 Å². The molecule has 0 atom stereocenters. The molecule has 6 heteroatoms. The van der Waals surface area contributed by atoms with Gasteiger partial charge in [0.15, 0.2) is 0 Å². The van der Waals surface area contributed by atoms with Crippen molar-refractivity contribution < 1.29 is 10.0 Å². The fourth-order valence-corrected chi connectivity index (χ4v) is 2.32. The number of aryl methyl sites for hydroxylation is 1. The summed E-state index contributed by atoms with van der Waals surface area (Å²) < 4.78 is 2.02. The highest BCUT2D eigenvalue weighted by Gasteiger charge is 2.16. The Morgan fingerprint density at radius 2 is 2.00 bits per heavy atom. The summed E-state index contributed by atoms with van der Waals surface area (Å²) >= 11 is 0. The van der Waals surface area contributed by atoms with E-state index in [1.807, 2.05) is 41.8 Å². The predicted octanol–water partition coefficient (Wildman–Crippen LogP) is 0.663. The second-order valence-corrected chi connectivity index (χ2v) is 4.52. The lowest BCUT2D eigenvalue weighted by atomic mass is 9.85. The number of imidazole rings is 1. The lowest BCUT2D eigenvalue weighted by Gasteiger charge is -2.09. The topological polar surface area (TPSA) is 71.2 Å². The van der Waals surface area contributed by atoms with E-state index in [4.69, 9.17) is 0 Å². The second-order valence-electron chi connectivity index (χ2n) is 4.52. The summed E-state index contributed by atoms with van der Waals surface area (Å²) in [5.74, 6) is 0.927. The summed E-state index contributed by atoms with van der Waals surface area (Å²) in [6.07, 6.45) is 2.35. The summed E-state index contributed by atoms with van der Waals surface area (Å²) in [5, 5.41) is 18.5. The van der Waals surface area contributed by atoms with Crippen LogP contribution in [0.5, 0.6) is 0 Å². The summed E-state index contributed by atoms with van der Waals surface area (Å²) in [6.45, 7) is 2.04. The molecule has 2 N–H and O–H groups in total. The Kier molecular flexibility index (Phi) is 3.26. The maximum Gasteiger partial charge on any atom is 0.508 e. The molecule has 5 nitrogen and oxygen atoms in total. The SMILES string of the molecule is CCc1nc2ccccc2n1-c1ccnc(B(O)O)c1. The molecule has 0 fully saturated rings. The normalized spacial score (nSPS) is 10.9. The first-order valence-corrected chi connectivity index (χ1v) is 6.49. The summed E-state index contributed by atoms with van der Waals surface area (Å²) in [7, 11) is -1.57. The smallest absolute Gasteiger partial charge is 0.422 e. The van der Waals surface area contributed by atoms with Crippen molar-refractivity contribution >= 4 is 23.7 Å². The van der Waals surface area contributed by atoms with E-state index in [2.05, 4.69) is 9.97 Å². The Morgan fingerprint density at radius 1 is 1.20 bits per heavy atom. The van der Waals surface area contributed by atoms with Gasteiger partial charge < -0.3 is 10.0 Å². The Labute approximate surface area is 116 Å². The van der Waals surface area contributed by atoms with E-state index in [0.29, 0.717) is 0 Å². The first-order chi connectivity index (χ1) is 9.70. The van der Waals surface area contributed by atoms with Crippen LogP contribution in [0.4, 0.5) is 0 Å². The number of benzene rings is 1. The van der Waals surface area contributed by atoms with Gasteiger partial charge >= 0.3 is 7.12 Å². The van der Waals surface area contributed by atoms with Crippen LogP contribution in [0.1, 0.15) is 12.7 Å². The van der Waals surface area contributed by atoms with Gasteiger partial charge in [0.2, 0.25) is 0 Å². The highest BCUT2D eigenvalue weighted by Crippen LogP contribution is 2.21. The lowest BCUT2D eigenvalue weighted by molar-refractivity contribution is 0.424. The third-order valence-electron chi connectivity index (χ3n) is 3.23. The lowest BCUT2D eigenvalue weighted by Crippen LogP contribution is -2.32. The number of rotatable bonds is 3. The molecule has 0 aliphatic rings. The van der Waals surface area contributed by atoms with E-state index in [0.717, 1.165) is 29.0 Å². The minimum atomic E-state index is -1.57. The summed E-state index contributed by atoms with van der Waals surface area (Å²) in [5.41, 5.74) is 2.97. The maximum absolute atomic E-state index is 9.25. The molecule has 0 aliphatic heterocycles. The van der Waals surface area contributed by atoms with Crippen LogP contribution in [0.15, 0.2) is 42.6 Å². The molecule has 0 spiro atoms. The number of fused-ring (bicyclic) bond motifs is 1. The van der Waals surface area contributed by atoms with Gasteiger partial charge in [-0.05, 0) is 24.3 Å². The zero-order chi connectivity index (χ0) is 14.1. The molecular weight excluding hydrogens is 253 g/mol. The largest absolute Gasteiger partial charge is 0.508 e. The van der Waals surface area contributed by atoms with Crippen molar-refractivity contribution in [1.82, 2.24) is 14.5 Å². The van der Waals surface area contributed by atoms with Crippen molar-refractivity contribution in [2.45, 2.75) is 13.3 Å². The minimum absolute atomic E-state index is 0.224. The fourth-order valence-electron chi connectivity index (χ4n) is 2.32. The second kappa shape index (κ2) is 5.07. The van der Waals surface area contributed by atoms with E-state index in [-0.39, 0.29) is 5.59 Å². The van der Waals surface area contributed by atoms with Gasteiger partial charge in [0, 0.05) is 12.6 Å². The van der Waals surface area contributed by atoms with Crippen LogP contribution in [-0.2, 0) is 6.42 Å². The molecule has 0 aliphatic carbocycles. The molecule has 0 amide bonds. The van der Waals surface area contributed by atoms with Gasteiger partial charge in [-0.3, -0.25) is 9.55 Å². The van der Waals surface area contributed by atoms with Crippen molar-refractivity contribution in [3.8, 4) is 5.69 Å². The van der Waals surface area contributed by atoms with Crippen molar-refractivity contribution in [2.24, 2.45) is 0 Å². The van der Waals surface area contributed by atoms with Crippen LogP contribution in [0.2, 0.25) is 0 Å². The van der Waals surface area contributed by atoms with Crippen LogP contribution >= 0.6 is 0 Å². The molecule has 0 saturated carbocycles. The van der Waals surface area contributed by atoms with Crippen LogP contribution in [0.25, 0.3) is 16.7 Å². The molecule has 1 aromatic carbocycles. The number of pyridine rings is 1. The molecule has 0 bridgehead atoms. The molecule has 2 aromatic heterocycles. The first-order valence-electron chi connectivity index (χ1n) is 6.49. The van der Waals surface area contributed by atoms with Crippen molar-refractivity contribution in [2.75, 3.05) is 0 Å². The maximum atomic E-state index is 9.25. The van der Waals surface area contributed by atoms with Crippen LogP contribution in [0, 0.1) is 0 Å². The fraction of sp³-hybridized carbons (Fsp3) is 0.143. The molecule has 20 heavy (non-hydrogen) atoms. The van der Waals surface area contributed by atoms with E-state index in [9.17, 15) is 10.0 Å². The van der Waals surface area contributed by atoms with Crippen molar-refractivity contribution in [3.63, 3.8) is 0 Å². The van der Waals surface area contributed by atoms with Gasteiger partial charge in [-0.15, -0.1) is 0 Å². The number of hydrogen-bond acceptors (Lipinski definition) is 4. The van der Waals surface area contributed by atoms with Gasteiger partial charge in [0.05, 0.1) is 22.3 Å². The van der Waals surface area contributed by atoms with Crippen LogP contribution < -0.4 is 5.59 Å². The van der Waals surface area contributed by atoms with E-state index < -0.39 is 7.12 Å². The molecule has 2 heterocycles. The quantitative estimate of drug-likeness (QED) is 0.684. The van der Waals surface area contributed by atoms with E-state index >= 15 is 0 Å². The zero-order valence-corrected chi connectivity index (χ0v) is 11.1. The summed E-state index contributed by atoms with van der Waals surface area (Å²) in [4.78, 5) is 8.55. The zero-order valence-electron chi connectivity index (χ0n) is 11.1. The van der Waals surface area contributed by atoms with Gasteiger partial charge in [-0.2, -0.15) is 0 Å². The number of nitrogens with zero attached hydrogens (tertiary/aromatic N) is 3. The molecule has 0 radical (unpaired) electrons. The highest BCUT2D eigenvalue weighted by atomic mass is 16.4.